The second kappa shape index (κ2) is 11.4. The molecule has 13 heavy (non-hydrogen) atoms. The van der Waals surface area contributed by atoms with Gasteiger partial charge in [0.25, 0.3) is 0 Å². The van der Waals surface area contributed by atoms with Crippen LogP contribution in [0.4, 0.5) is 0 Å². The largest absolute Gasteiger partial charge is 0.481 e. The quantitative estimate of drug-likeness (QED) is 0.699. The average Bonchev–Trinajstić information content (AvgIpc) is 2.06. The molecule has 0 radical (unpaired) electrons. The van der Waals surface area contributed by atoms with E-state index < -0.39 is 5.97 Å². The minimum absolute atomic E-state index is 0.111. The molecular weight excluding hydrogens is 168 g/mol. The lowest BCUT2D eigenvalue weighted by Gasteiger charge is -2.06. The molecule has 0 saturated heterocycles. The minimum Gasteiger partial charge on any atom is -0.481 e. The summed E-state index contributed by atoms with van der Waals surface area (Å²) >= 11 is 0. The molecule has 3 nitrogen and oxygen atoms in total. The van der Waals surface area contributed by atoms with Gasteiger partial charge in [0, 0.05) is 6.61 Å². The van der Waals surface area contributed by atoms with Crippen LogP contribution >= 0.6 is 0 Å². The molecule has 0 heterocycles. The monoisotopic (exact) mass is 190 g/mol. The van der Waals surface area contributed by atoms with E-state index in [0.29, 0.717) is 0 Å². The van der Waals surface area contributed by atoms with Crippen LogP contribution in [-0.4, -0.2) is 22.8 Å². The minimum atomic E-state index is -0.643. The Morgan fingerprint density at radius 3 is 2.00 bits per heavy atom. The van der Waals surface area contributed by atoms with Crippen LogP contribution in [0.1, 0.15) is 46.5 Å². The summed E-state index contributed by atoms with van der Waals surface area (Å²) in [5.41, 5.74) is 0. The topological polar surface area (TPSA) is 57.5 Å². The van der Waals surface area contributed by atoms with E-state index >= 15 is 0 Å². The third kappa shape index (κ3) is 11.4. The summed E-state index contributed by atoms with van der Waals surface area (Å²) in [5.74, 6) is -0.754. The molecule has 0 aromatic rings. The van der Waals surface area contributed by atoms with Gasteiger partial charge in [-0.05, 0) is 19.8 Å². The van der Waals surface area contributed by atoms with Gasteiger partial charge < -0.3 is 10.2 Å². The summed E-state index contributed by atoms with van der Waals surface area (Å²) in [6.45, 7) is 5.93. The highest BCUT2D eigenvalue weighted by Crippen LogP contribution is 2.11. The van der Waals surface area contributed by atoms with Crippen molar-refractivity contribution in [1.82, 2.24) is 0 Å². The standard InChI is InChI=1S/C8H16O2.C2H6O/c1-3-5-6-7(4-2)8(9)10;1-2-3/h7H,3-6H2,1-2H3,(H,9,10);3H,2H2,1H3. The zero-order valence-electron chi connectivity index (χ0n) is 8.92. The van der Waals surface area contributed by atoms with Gasteiger partial charge in [0.2, 0.25) is 0 Å². The second-order valence-corrected chi connectivity index (χ2v) is 2.90. The van der Waals surface area contributed by atoms with Crippen LogP contribution in [0.5, 0.6) is 0 Å². The summed E-state index contributed by atoms with van der Waals surface area (Å²) in [5, 5.41) is 16.2. The first-order chi connectivity index (χ1) is 6.13. The third-order valence-corrected chi connectivity index (χ3v) is 1.75. The van der Waals surface area contributed by atoms with Crippen molar-refractivity contribution in [3.63, 3.8) is 0 Å². The van der Waals surface area contributed by atoms with Gasteiger partial charge in [0.05, 0.1) is 5.92 Å². The molecule has 0 aromatic carbocycles. The van der Waals surface area contributed by atoms with Crippen molar-refractivity contribution in [2.24, 2.45) is 5.92 Å². The molecule has 3 heteroatoms. The molecule has 0 aromatic heterocycles. The number of unbranched alkanes of at least 4 members (excludes halogenated alkanes) is 1. The SMILES string of the molecule is CCCCC(CC)C(=O)O.CCO. The van der Waals surface area contributed by atoms with Crippen LogP contribution in [0.3, 0.4) is 0 Å². The predicted molar refractivity (Wildman–Crippen MR) is 53.7 cm³/mol. The Bertz CT molecular complexity index is 113. The van der Waals surface area contributed by atoms with E-state index in [1.165, 1.54) is 0 Å². The molecule has 0 spiro atoms. The van der Waals surface area contributed by atoms with Gasteiger partial charge in [-0.25, -0.2) is 0 Å². The molecule has 0 rings (SSSR count). The first kappa shape index (κ1) is 14.9. The van der Waals surface area contributed by atoms with Gasteiger partial charge in [0.15, 0.2) is 0 Å². The van der Waals surface area contributed by atoms with Gasteiger partial charge in [-0.1, -0.05) is 26.7 Å². The second-order valence-electron chi connectivity index (χ2n) is 2.90. The first-order valence-corrected chi connectivity index (χ1v) is 4.97. The number of aliphatic hydroxyl groups is 1. The number of aliphatic hydroxyl groups excluding tert-OH is 1. The maximum atomic E-state index is 10.4. The number of carboxylic acid groups (broad SMARTS) is 1. The highest BCUT2D eigenvalue weighted by Gasteiger charge is 2.12. The van der Waals surface area contributed by atoms with E-state index in [4.69, 9.17) is 10.2 Å². The van der Waals surface area contributed by atoms with Crippen molar-refractivity contribution in [2.75, 3.05) is 6.61 Å². The highest BCUT2D eigenvalue weighted by atomic mass is 16.4. The van der Waals surface area contributed by atoms with E-state index in [9.17, 15) is 4.79 Å². The Morgan fingerprint density at radius 1 is 1.31 bits per heavy atom. The Labute approximate surface area is 80.8 Å². The van der Waals surface area contributed by atoms with Crippen molar-refractivity contribution in [1.29, 1.82) is 0 Å². The van der Waals surface area contributed by atoms with E-state index in [2.05, 4.69) is 6.92 Å². The fraction of sp³-hybridized carbons (Fsp3) is 0.900. The number of hydrogen-bond acceptors (Lipinski definition) is 2. The lowest BCUT2D eigenvalue weighted by atomic mass is 10.00. The fourth-order valence-electron chi connectivity index (χ4n) is 0.953. The maximum absolute atomic E-state index is 10.4. The number of aliphatic carboxylic acids is 1. The predicted octanol–water partition coefficient (Wildman–Crippen LogP) is 2.29. The number of carboxylic acids is 1. The van der Waals surface area contributed by atoms with E-state index in [-0.39, 0.29) is 12.5 Å². The van der Waals surface area contributed by atoms with Crippen LogP contribution in [0.2, 0.25) is 0 Å². The van der Waals surface area contributed by atoms with Crippen LogP contribution in [0.15, 0.2) is 0 Å². The number of hydrogen-bond donors (Lipinski definition) is 2. The molecule has 0 bridgehead atoms. The van der Waals surface area contributed by atoms with Gasteiger partial charge in [0.1, 0.15) is 0 Å². The molecular formula is C10H22O3. The molecule has 0 aliphatic heterocycles. The molecule has 0 fully saturated rings. The third-order valence-electron chi connectivity index (χ3n) is 1.75. The summed E-state index contributed by atoms with van der Waals surface area (Å²) in [6.07, 6.45) is 3.71. The van der Waals surface area contributed by atoms with Gasteiger partial charge in [-0.2, -0.15) is 0 Å². The van der Waals surface area contributed by atoms with Gasteiger partial charge >= 0.3 is 5.97 Å². The van der Waals surface area contributed by atoms with Crippen LogP contribution in [-0.2, 0) is 4.79 Å². The fourth-order valence-corrected chi connectivity index (χ4v) is 0.953. The molecule has 0 aliphatic carbocycles. The molecule has 2 N–H and O–H groups in total. The number of carbonyl (C=O) groups is 1. The van der Waals surface area contributed by atoms with Crippen LogP contribution < -0.4 is 0 Å². The normalized spacial score (nSPS) is 11.4. The smallest absolute Gasteiger partial charge is 0.306 e. The van der Waals surface area contributed by atoms with Gasteiger partial charge in [-0.3, -0.25) is 4.79 Å². The summed E-state index contributed by atoms with van der Waals surface area (Å²) in [4.78, 5) is 10.4. The van der Waals surface area contributed by atoms with Crippen molar-refractivity contribution < 1.29 is 15.0 Å². The summed E-state index contributed by atoms with van der Waals surface area (Å²) in [6, 6.07) is 0. The number of rotatable bonds is 5. The summed E-state index contributed by atoms with van der Waals surface area (Å²) < 4.78 is 0. The van der Waals surface area contributed by atoms with E-state index in [0.717, 1.165) is 25.7 Å². The van der Waals surface area contributed by atoms with Crippen LogP contribution in [0.25, 0.3) is 0 Å². The average molecular weight is 190 g/mol. The Morgan fingerprint density at radius 2 is 1.77 bits per heavy atom. The van der Waals surface area contributed by atoms with E-state index in [1.807, 2.05) is 6.92 Å². The molecule has 1 unspecified atom stereocenters. The maximum Gasteiger partial charge on any atom is 0.306 e. The van der Waals surface area contributed by atoms with Crippen molar-refractivity contribution in [3.8, 4) is 0 Å². The van der Waals surface area contributed by atoms with Crippen molar-refractivity contribution in [2.45, 2.75) is 46.5 Å². The Kier molecular flexibility index (Phi) is 13.1. The van der Waals surface area contributed by atoms with Crippen molar-refractivity contribution >= 4 is 5.97 Å². The van der Waals surface area contributed by atoms with Crippen LogP contribution in [0, 0.1) is 5.92 Å². The van der Waals surface area contributed by atoms with E-state index in [1.54, 1.807) is 6.92 Å². The Hall–Kier alpha value is -0.570. The Balaban J connectivity index is 0. The molecule has 80 valence electrons. The highest BCUT2D eigenvalue weighted by molar-refractivity contribution is 5.69. The summed E-state index contributed by atoms with van der Waals surface area (Å²) in [7, 11) is 0. The lowest BCUT2D eigenvalue weighted by molar-refractivity contribution is -0.142. The molecule has 0 amide bonds. The van der Waals surface area contributed by atoms with Gasteiger partial charge in [-0.15, -0.1) is 0 Å². The lowest BCUT2D eigenvalue weighted by Crippen LogP contribution is -2.11. The molecule has 1 atom stereocenters. The van der Waals surface area contributed by atoms with Crippen molar-refractivity contribution in [3.05, 3.63) is 0 Å². The first-order valence-electron chi connectivity index (χ1n) is 4.97. The molecule has 0 aliphatic rings. The zero-order valence-corrected chi connectivity index (χ0v) is 8.92. The molecule has 0 saturated carbocycles. The zero-order chi connectivity index (χ0) is 10.7.